The topological polar surface area (TPSA) is 30.5 Å². The van der Waals surface area contributed by atoms with E-state index >= 15 is 0 Å². The van der Waals surface area contributed by atoms with Gasteiger partial charge in [-0.3, -0.25) is 0 Å². The number of nitrogens with one attached hydrogen (secondary N) is 1. The predicted molar refractivity (Wildman–Crippen MR) is 63.4 cm³/mol. The van der Waals surface area contributed by atoms with Crippen molar-refractivity contribution in [3.63, 3.8) is 0 Å². The van der Waals surface area contributed by atoms with Crippen molar-refractivity contribution in [1.29, 1.82) is 0 Å². The second kappa shape index (κ2) is 6.00. The maximum absolute atomic E-state index is 5.29. The Bertz CT molecular complexity index is 329. The number of hydrogen-bond donors (Lipinski definition) is 1. The quantitative estimate of drug-likeness (QED) is 0.618. The first-order valence-corrected chi connectivity index (χ1v) is 5.92. The monoisotopic (exact) mass is 227 g/mol. The van der Waals surface area contributed by atoms with E-state index in [2.05, 4.69) is 17.8 Å². The van der Waals surface area contributed by atoms with Crippen LogP contribution >= 0.6 is 11.8 Å². The number of aryl methyl sites for hydroxylation is 1. The maximum Gasteiger partial charge on any atom is 0.122 e. The third-order valence-electron chi connectivity index (χ3n) is 2.20. The molecule has 3 nitrogen and oxygen atoms in total. The van der Waals surface area contributed by atoms with Crippen LogP contribution < -0.4 is 10.2 Å². The Labute approximate surface area is 95.1 Å². The molecule has 0 aromatic heterocycles. The van der Waals surface area contributed by atoms with Gasteiger partial charge in [0.15, 0.2) is 0 Å². The number of methoxy groups -OCH3 is 1. The van der Waals surface area contributed by atoms with E-state index in [1.54, 1.807) is 26.0 Å². The van der Waals surface area contributed by atoms with Crippen LogP contribution in [0, 0.1) is 6.92 Å². The Morgan fingerprint density at radius 2 is 2.07 bits per heavy atom. The molecule has 0 bridgehead atoms. The molecule has 0 atom stereocenters. The van der Waals surface area contributed by atoms with Gasteiger partial charge in [-0.2, -0.15) is 5.48 Å². The van der Waals surface area contributed by atoms with Crippen LogP contribution in [-0.2, 0) is 11.4 Å². The van der Waals surface area contributed by atoms with E-state index in [4.69, 9.17) is 9.57 Å². The maximum atomic E-state index is 5.29. The molecule has 0 saturated carbocycles. The normalized spacial score (nSPS) is 10.4. The van der Waals surface area contributed by atoms with E-state index < -0.39 is 0 Å². The number of rotatable bonds is 5. The minimum absolute atomic E-state index is 0.684. The number of ether oxygens (including phenoxy) is 1. The van der Waals surface area contributed by atoms with Crippen molar-refractivity contribution in [2.24, 2.45) is 0 Å². The van der Waals surface area contributed by atoms with E-state index in [-0.39, 0.29) is 0 Å². The second-order valence-electron chi connectivity index (χ2n) is 3.16. The fourth-order valence-electron chi connectivity index (χ4n) is 1.40. The van der Waals surface area contributed by atoms with E-state index in [1.807, 2.05) is 13.0 Å². The molecule has 84 valence electrons. The first-order chi connectivity index (χ1) is 7.22. The van der Waals surface area contributed by atoms with Gasteiger partial charge in [0, 0.05) is 11.4 Å². The average molecular weight is 227 g/mol. The lowest BCUT2D eigenvalue weighted by Crippen LogP contribution is -2.11. The molecule has 0 radical (unpaired) electrons. The van der Waals surface area contributed by atoms with Gasteiger partial charge in [0.1, 0.15) is 5.75 Å². The van der Waals surface area contributed by atoms with Crippen LogP contribution in [0.15, 0.2) is 17.0 Å². The molecule has 15 heavy (non-hydrogen) atoms. The van der Waals surface area contributed by atoms with Crippen LogP contribution in [0.1, 0.15) is 11.1 Å². The Balaban J connectivity index is 2.99. The highest BCUT2D eigenvalue weighted by Gasteiger charge is 2.06. The van der Waals surface area contributed by atoms with E-state index in [1.165, 1.54) is 10.5 Å². The summed E-state index contributed by atoms with van der Waals surface area (Å²) in [5.74, 6) is 0.917. The summed E-state index contributed by atoms with van der Waals surface area (Å²) in [4.78, 5) is 6.10. The van der Waals surface area contributed by atoms with E-state index in [0.29, 0.717) is 6.54 Å². The lowest BCUT2D eigenvalue weighted by Gasteiger charge is -2.12. The third-order valence-corrected chi connectivity index (χ3v) is 3.02. The smallest absolute Gasteiger partial charge is 0.122 e. The largest absolute Gasteiger partial charge is 0.496 e. The minimum Gasteiger partial charge on any atom is -0.496 e. The number of hydroxylamine groups is 1. The van der Waals surface area contributed by atoms with Crippen molar-refractivity contribution >= 4 is 11.8 Å². The highest BCUT2D eigenvalue weighted by molar-refractivity contribution is 7.98. The second-order valence-corrected chi connectivity index (χ2v) is 4.01. The fourth-order valence-corrected chi connectivity index (χ4v) is 2.09. The lowest BCUT2D eigenvalue weighted by atomic mass is 10.1. The Morgan fingerprint density at radius 3 is 2.60 bits per heavy atom. The summed E-state index contributed by atoms with van der Waals surface area (Å²) in [6.07, 6.45) is 2.07. The first kappa shape index (κ1) is 12.4. The summed E-state index contributed by atoms with van der Waals surface area (Å²) in [5, 5.41) is 0. The zero-order chi connectivity index (χ0) is 11.3. The molecular weight excluding hydrogens is 210 g/mol. The molecule has 0 spiro atoms. The van der Waals surface area contributed by atoms with Crippen molar-refractivity contribution < 1.29 is 9.57 Å². The molecule has 0 aliphatic rings. The van der Waals surface area contributed by atoms with Gasteiger partial charge in [0.05, 0.1) is 14.2 Å². The molecular formula is C11H17NO2S. The van der Waals surface area contributed by atoms with Gasteiger partial charge in [0.25, 0.3) is 0 Å². The van der Waals surface area contributed by atoms with E-state index in [0.717, 1.165) is 11.3 Å². The van der Waals surface area contributed by atoms with Crippen LogP contribution in [-0.4, -0.2) is 20.5 Å². The molecule has 1 aromatic carbocycles. The number of thioether (sulfide) groups is 1. The molecule has 0 fully saturated rings. The lowest BCUT2D eigenvalue weighted by molar-refractivity contribution is 0.0861. The van der Waals surface area contributed by atoms with Crippen LogP contribution in [0.5, 0.6) is 5.75 Å². The van der Waals surface area contributed by atoms with Gasteiger partial charge in [-0.15, -0.1) is 11.8 Å². The molecule has 0 unspecified atom stereocenters. The van der Waals surface area contributed by atoms with Crippen molar-refractivity contribution in [1.82, 2.24) is 5.48 Å². The summed E-state index contributed by atoms with van der Waals surface area (Å²) in [7, 11) is 3.30. The van der Waals surface area contributed by atoms with Crippen molar-refractivity contribution in [2.45, 2.75) is 18.4 Å². The molecule has 0 aliphatic heterocycles. The molecule has 0 aliphatic carbocycles. The molecule has 4 heteroatoms. The summed E-state index contributed by atoms with van der Waals surface area (Å²) < 4.78 is 5.29. The highest BCUT2D eigenvalue weighted by atomic mass is 32.2. The van der Waals surface area contributed by atoms with E-state index in [9.17, 15) is 0 Å². The van der Waals surface area contributed by atoms with Gasteiger partial charge in [0.2, 0.25) is 0 Å². The molecule has 0 saturated heterocycles. The number of hydrogen-bond acceptors (Lipinski definition) is 4. The van der Waals surface area contributed by atoms with Crippen LogP contribution in [0.3, 0.4) is 0 Å². The van der Waals surface area contributed by atoms with Crippen molar-refractivity contribution in [3.8, 4) is 5.75 Å². The Hall–Kier alpha value is -0.710. The summed E-state index contributed by atoms with van der Waals surface area (Å²) in [5.41, 5.74) is 5.18. The zero-order valence-electron chi connectivity index (χ0n) is 9.59. The van der Waals surface area contributed by atoms with Gasteiger partial charge >= 0.3 is 0 Å². The molecule has 0 heterocycles. The van der Waals surface area contributed by atoms with Gasteiger partial charge < -0.3 is 9.57 Å². The Kier molecular flexibility index (Phi) is 4.94. The van der Waals surface area contributed by atoms with Crippen LogP contribution in [0.4, 0.5) is 0 Å². The van der Waals surface area contributed by atoms with Gasteiger partial charge in [-0.1, -0.05) is 0 Å². The molecule has 0 amide bonds. The van der Waals surface area contributed by atoms with Crippen molar-refractivity contribution in [2.75, 3.05) is 20.5 Å². The first-order valence-electron chi connectivity index (χ1n) is 4.70. The summed E-state index contributed by atoms with van der Waals surface area (Å²) in [6.45, 7) is 2.73. The highest BCUT2D eigenvalue weighted by Crippen LogP contribution is 2.28. The number of benzene rings is 1. The SMILES string of the molecule is CONCc1cc(OC)c(C)cc1SC. The molecule has 1 rings (SSSR count). The zero-order valence-corrected chi connectivity index (χ0v) is 10.4. The Morgan fingerprint density at radius 1 is 1.33 bits per heavy atom. The van der Waals surface area contributed by atoms with Crippen molar-refractivity contribution in [3.05, 3.63) is 23.3 Å². The van der Waals surface area contributed by atoms with Crippen LogP contribution in [0.25, 0.3) is 0 Å². The van der Waals surface area contributed by atoms with Crippen LogP contribution in [0.2, 0.25) is 0 Å². The minimum atomic E-state index is 0.684. The summed E-state index contributed by atoms with van der Waals surface area (Å²) in [6, 6.07) is 4.18. The predicted octanol–water partition coefficient (Wildman–Crippen LogP) is 2.38. The standard InChI is InChI=1S/C11H17NO2S/c1-8-5-11(15-4)9(7-12-14-3)6-10(8)13-2/h5-6,12H,7H2,1-4H3. The fraction of sp³-hybridized carbons (Fsp3) is 0.455. The van der Waals surface area contributed by atoms with Gasteiger partial charge in [-0.05, 0) is 36.4 Å². The molecule has 1 aromatic rings. The average Bonchev–Trinajstić information content (AvgIpc) is 2.26. The third kappa shape index (κ3) is 3.12. The van der Waals surface area contributed by atoms with Gasteiger partial charge in [-0.25, -0.2) is 0 Å². The molecule has 1 N–H and O–H groups in total. The summed E-state index contributed by atoms with van der Waals surface area (Å²) >= 11 is 1.73.